The number of benzene rings is 3. The predicted molar refractivity (Wildman–Crippen MR) is 151 cm³/mol. The molecule has 0 atom stereocenters. The zero-order valence-electron chi connectivity index (χ0n) is 21.7. The third-order valence-corrected chi connectivity index (χ3v) is 8.34. The molecule has 38 heavy (non-hydrogen) atoms. The normalized spacial score (nSPS) is 19.4. The minimum atomic E-state index is -3.63. The van der Waals surface area contributed by atoms with Crippen molar-refractivity contribution >= 4 is 21.8 Å². The molecular weight excluding hydrogens is 500 g/mol. The van der Waals surface area contributed by atoms with Crippen LogP contribution in [-0.2, 0) is 15.6 Å². The van der Waals surface area contributed by atoms with Crippen LogP contribution in [0.4, 0.5) is 5.69 Å². The van der Waals surface area contributed by atoms with Gasteiger partial charge in [-0.3, -0.25) is 4.79 Å². The first-order chi connectivity index (χ1) is 18.4. The van der Waals surface area contributed by atoms with Crippen LogP contribution in [-0.4, -0.2) is 47.1 Å². The number of hydrogen-bond donors (Lipinski definition) is 4. The lowest BCUT2D eigenvalue weighted by molar-refractivity contribution is 0.0932. The predicted octanol–water partition coefficient (Wildman–Crippen LogP) is 3.84. The Hall–Kier alpha value is -3.40. The minimum absolute atomic E-state index is 0.170. The van der Waals surface area contributed by atoms with Gasteiger partial charge in [0.2, 0.25) is 0 Å². The molecule has 1 aliphatic rings. The van der Waals surface area contributed by atoms with E-state index < -0.39 is 10.2 Å². The fourth-order valence-electron chi connectivity index (χ4n) is 5.03. The van der Waals surface area contributed by atoms with E-state index in [1.54, 1.807) is 19.2 Å². The van der Waals surface area contributed by atoms with Crippen molar-refractivity contribution in [2.24, 2.45) is 0 Å². The average molecular weight is 537 g/mol. The Morgan fingerprint density at radius 2 is 1.53 bits per heavy atom. The van der Waals surface area contributed by atoms with E-state index in [0.717, 1.165) is 24.1 Å². The minimum Gasteiger partial charge on any atom is -0.496 e. The third-order valence-electron chi connectivity index (χ3n) is 7.11. The fourth-order valence-corrected chi connectivity index (χ4v) is 6.16. The molecular formula is C29H36N4O4S. The highest BCUT2D eigenvalue weighted by Gasteiger charge is 2.38. The van der Waals surface area contributed by atoms with E-state index in [9.17, 15) is 13.2 Å². The Balaban J connectivity index is 1.34. The molecule has 202 valence electrons. The second kappa shape index (κ2) is 12.9. The summed E-state index contributed by atoms with van der Waals surface area (Å²) in [5.74, 6) is 0.345. The van der Waals surface area contributed by atoms with Crippen LogP contribution in [0, 0.1) is 0 Å². The summed E-state index contributed by atoms with van der Waals surface area (Å²) in [5, 5.41) is 6.31. The van der Waals surface area contributed by atoms with E-state index in [4.69, 9.17) is 4.74 Å². The Labute approximate surface area is 225 Å². The van der Waals surface area contributed by atoms with Gasteiger partial charge >= 0.3 is 0 Å². The molecule has 0 saturated heterocycles. The molecule has 8 nitrogen and oxygen atoms in total. The van der Waals surface area contributed by atoms with Crippen LogP contribution in [0.5, 0.6) is 5.75 Å². The summed E-state index contributed by atoms with van der Waals surface area (Å²) in [6.07, 6.45) is 2.82. The number of carbonyl (C=O) groups is 1. The number of ether oxygens (including phenoxy) is 1. The topological polar surface area (TPSA) is 109 Å². The van der Waals surface area contributed by atoms with E-state index in [1.807, 2.05) is 60.7 Å². The highest BCUT2D eigenvalue weighted by molar-refractivity contribution is 7.87. The van der Waals surface area contributed by atoms with Gasteiger partial charge in [-0.2, -0.15) is 13.1 Å². The van der Waals surface area contributed by atoms with Crippen molar-refractivity contribution in [1.29, 1.82) is 0 Å². The number of carbonyl (C=O) groups excluding carboxylic acids is 1. The standard InChI is InChI=1S/C29H36N4O4S/c1-37-27-15-9-8-14-26(27)28(34)31-22-29(23-10-4-2-5-11-23)18-16-25(17-19-29)33-38(35,36)32-21-20-30-24-12-6-3-7-13-24/h2-15,25,30,32-33H,16-22H2,1H3,(H,31,34). The molecule has 0 heterocycles. The summed E-state index contributed by atoms with van der Waals surface area (Å²) in [5.41, 5.74) is 2.30. The van der Waals surface area contributed by atoms with Gasteiger partial charge in [-0.15, -0.1) is 0 Å². The molecule has 0 aliphatic heterocycles. The molecule has 0 unspecified atom stereocenters. The molecule has 0 bridgehead atoms. The van der Waals surface area contributed by atoms with Gasteiger partial charge in [-0.05, 0) is 55.5 Å². The first-order valence-corrected chi connectivity index (χ1v) is 14.4. The Kier molecular flexibility index (Phi) is 9.38. The van der Waals surface area contributed by atoms with Crippen molar-refractivity contribution < 1.29 is 17.9 Å². The second-order valence-corrected chi connectivity index (χ2v) is 11.1. The molecule has 1 aliphatic carbocycles. The van der Waals surface area contributed by atoms with E-state index in [1.165, 1.54) is 0 Å². The molecule has 3 aromatic rings. The van der Waals surface area contributed by atoms with Crippen molar-refractivity contribution in [1.82, 2.24) is 14.8 Å². The van der Waals surface area contributed by atoms with Gasteiger partial charge in [0.1, 0.15) is 5.75 Å². The average Bonchev–Trinajstić information content (AvgIpc) is 2.96. The highest BCUT2D eigenvalue weighted by Crippen LogP contribution is 2.39. The van der Waals surface area contributed by atoms with Crippen molar-refractivity contribution in [2.75, 3.05) is 32.1 Å². The summed E-state index contributed by atoms with van der Waals surface area (Å²) in [6.45, 7) is 1.22. The molecule has 0 aromatic heterocycles. The zero-order valence-corrected chi connectivity index (χ0v) is 22.5. The van der Waals surface area contributed by atoms with Crippen molar-refractivity contribution in [3.05, 3.63) is 96.1 Å². The number of anilines is 1. The molecule has 1 fully saturated rings. The number of hydrogen-bond acceptors (Lipinski definition) is 5. The summed E-state index contributed by atoms with van der Waals surface area (Å²) in [6, 6.07) is 26.8. The van der Waals surface area contributed by atoms with Gasteiger partial charge in [0, 0.05) is 36.8 Å². The van der Waals surface area contributed by atoms with E-state index in [-0.39, 0.29) is 23.9 Å². The van der Waals surface area contributed by atoms with Crippen LogP contribution in [0.1, 0.15) is 41.6 Å². The number of para-hydroxylation sites is 2. The second-order valence-electron chi connectivity index (χ2n) is 9.61. The monoisotopic (exact) mass is 536 g/mol. The van der Waals surface area contributed by atoms with E-state index in [2.05, 4.69) is 32.2 Å². The third kappa shape index (κ3) is 7.34. The van der Waals surface area contributed by atoms with Crippen molar-refractivity contribution in [3.63, 3.8) is 0 Å². The van der Waals surface area contributed by atoms with Crippen LogP contribution in [0.15, 0.2) is 84.9 Å². The van der Waals surface area contributed by atoms with Gasteiger partial charge in [-0.25, -0.2) is 4.72 Å². The molecule has 3 aromatic carbocycles. The number of nitrogens with one attached hydrogen (secondary N) is 4. The van der Waals surface area contributed by atoms with E-state index in [0.29, 0.717) is 37.2 Å². The quantitative estimate of drug-likeness (QED) is 0.263. The van der Waals surface area contributed by atoms with Crippen LogP contribution >= 0.6 is 0 Å². The lowest BCUT2D eigenvalue weighted by Gasteiger charge is -2.41. The number of rotatable bonds is 12. The number of methoxy groups -OCH3 is 1. The summed E-state index contributed by atoms with van der Waals surface area (Å²) in [4.78, 5) is 13.0. The lowest BCUT2D eigenvalue weighted by Crippen LogP contribution is -2.49. The molecule has 0 radical (unpaired) electrons. The summed E-state index contributed by atoms with van der Waals surface area (Å²) < 4.78 is 36.1. The molecule has 4 N–H and O–H groups in total. The van der Waals surface area contributed by atoms with Gasteiger partial charge in [0.15, 0.2) is 0 Å². The van der Waals surface area contributed by atoms with Gasteiger partial charge in [0.25, 0.3) is 16.1 Å². The molecule has 4 rings (SSSR count). The fraction of sp³-hybridized carbons (Fsp3) is 0.345. The molecule has 0 spiro atoms. The van der Waals surface area contributed by atoms with Crippen molar-refractivity contribution in [3.8, 4) is 5.75 Å². The molecule has 1 saturated carbocycles. The Morgan fingerprint density at radius 3 is 2.21 bits per heavy atom. The van der Waals surface area contributed by atoms with Crippen LogP contribution in [0.25, 0.3) is 0 Å². The zero-order chi connectivity index (χ0) is 26.8. The first kappa shape index (κ1) is 27.6. The maximum absolute atomic E-state index is 13.0. The maximum Gasteiger partial charge on any atom is 0.277 e. The maximum atomic E-state index is 13.0. The Morgan fingerprint density at radius 1 is 0.895 bits per heavy atom. The highest BCUT2D eigenvalue weighted by atomic mass is 32.2. The van der Waals surface area contributed by atoms with Gasteiger partial charge < -0.3 is 15.4 Å². The first-order valence-electron chi connectivity index (χ1n) is 12.9. The van der Waals surface area contributed by atoms with Crippen LogP contribution in [0.3, 0.4) is 0 Å². The SMILES string of the molecule is COc1ccccc1C(=O)NCC1(c2ccccc2)CCC(NS(=O)(=O)NCCNc2ccccc2)CC1. The number of amides is 1. The Bertz CT molecular complexity index is 1280. The smallest absolute Gasteiger partial charge is 0.277 e. The largest absolute Gasteiger partial charge is 0.496 e. The van der Waals surface area contributed by atoms with Gasteiger partial charge in [-0.1, -0.05) is 60.7 Å². The lowest BCUT2D eigenvalue weighted by atomic mass is 9.68. The molecule has 1 amide bonds. The van der Waals surface area contributed by atoms with Gasteiger partial charge in [0.05, 0.1) is 12.7 Å². The van der Waals surface area contributed by atoms with Crippen molar-refractivity contribution in [2.45, 2.75) is 37.1 Å². The molecule has 9 heteroatoms. The summed E-state index contributed by atoms with van der Waals surface area (Å²) >= 11 is 0. The van der Waals surface area contributed by atoms with Crippen LogP contribution in [0.2, 0.25) is 0 Å². The van der Waals surface area contributed by atoms with Crippen LogP contribution < -0.4 is 24.8 Å². The summed E-state index contributed by atoms with van der Waals surface area (Å²) in [7, 11) is -2.08. The van der Waals surface area contributed by atoms with E-state index >= 15 is 0 Å².